The highest BCUT2D eigenvalue weighted by Crippen LogP contribution is 2.38. The molecule has 0 aliphatic carbocycles. The van der Waals surface area contributed by atoms with Crippen LogP contribution in [0.2, 0.25) is 0 Å². The molecule has 0 fully saturated rings. The van der Waals surface area contributed by atoms with Crippen LogP contribution in [0.4, 0.5) is 0 Å². The average Bonchev–Trinajstić information content (AvgIpc) is 1.59. The van der Waals surface area contributed by atoms with Crippen molar-refractivity contribution in [2.45, 2.75) is 291 Å². The fourth-order valence-electron chi connectivity index (χ4n) is 18.1. The minimum Gasteiger partial charge on any atom is -0.344 e. The zero-order chi connectivity index (χ0) is 107. The van der Waals surface area contributed by atoms with E-state index in [9.17, 15) is 0 Å². The fraction of sp³-hybridized carbons (Fsp3) is 0.368. The molecule has 140 heavy (non-hydrogen) atoms. The first-order chi connectivity index (χ1) is 67.8. The minimum atomic E-state index is 1.31. The summed E-state index contributed by atoms with van der Waals surface area (Å²) in [6, 6.07) is 92.3. The van der Waals surface area contributed by atoms with Crippen molar-refractivity contribution >= 4 is 153 Å². The number of nitrogens with zero attached hydrogens (tertiary/aromatic N) is 7. The van der Waals surface area contributed by atoms with E-state index in [2.05, 4.69) is 433 Å². The van der Waals surface area contributed by atoms with Crippen LogP contribution in [0, 0.1) is 96.9 Å². The van der Waals surface area contributed by atoms with Gasteiger partial charge in [0.1, 0.15) is 0 Å². The van der Waals surface area contributed by atoms with Gasteiger partial charge in [0, 0.05) is 169 Å². The van der Waals surface area contributed by atoms with Gasteiger partial charge < -0.3 is 32.0 Å². The van der Waals surface area contributed by atoms with Crippen LogP contribution in [0.1, 0.15) is 272 Å². The Morgan fingerprint density at radius 3 is 0.586 bits per heavy atom. The van der Waals surface area contributed by atoms with Gasteiger partial charge in [0.2, 0.25) is 0 Å². The van der Waals surface area contributed by atoms with E-state index in [4.69, 9.17) is 0 Å². The van der Waals surface area contributed by atoms with Crippen molar-refractivity contribution in [1.82, 2.24) is 32.0 Å². The Morgan fingerprint density at radius 1 is 0.121 bits per heavy atom. The predicted octanol–water partition coefficient (Wildman–Crippen LogP) is 42.0. The van der Waals surface area contributed by atoms with Crippen LogP contribution in [0.5, 0.6) is 0 Å². The van der Waals surface area contributed by atoms with Crippen molar-refractivity contribution in [1.29, 1.82) is 0 Å². The third kappa shape index (κ3) is 28.8. The molecule has 0 unspecified atom stereocenters. The largest absolute Gasteiger partial charge is 0.344 e. The summed E-state index contributed by atoms with van der Waals surface area (Å²) in [4.78, 5) is 0. The van der Waals surface area contributed by atoms with Crippen LogP contribution in [0.25, 0.3) is 153 Å². The van der Waals surface area contributed by atoms with Gasteiger partial charge in [-0.3, -0.25) is 0 Å². The maximum Gasteiger partial charge on any atom is 0.0518 e. The number of hydrogen-bond donors (Lipinski definition) is 0. The third-order valence-electron chi connectivity index (χ3n) is 23.7. The van der Waals surface area contributed by atoms with Crippen molar-refractivity contribution < 1.29 is 0 Å². The highest BCUT2D eigenvalue weighted by atomic mass is 15.0. The van der Waals surface area contributed by atoms with Crippen LogP contribution in [0.15, 0.2) is 255 Å². The third-order valence-corrected chi connectivity index (χ3v) is 23.7. The lowest BCUT2D eigenvalue weighted by Gasteiger charge is -2.02. The topological polar surface area (TPSA) is 34.5 Å². The summed E-state index contributed by atoms with van der Waals surface area (Å²) in [5.74, 6) is 0. The molecule has 7 aromatic heterocycles. The van der Waals surface area contributed by atoms with Gasteiger partial charge in [-0.2, -0.15) is 0 Å². The normalized spacial score (nSPS) is 9.75. The van der Waals surface area contributed by atoms with Crippen LogP contribution in [0.3, 0.4) is 0 Å². The standard InChI is InChI=1S/7C15H15N.14C2H6/c1-10-6-5-9-13-14(10)12-8-4-7-11(2)15(12)16(13)3;1-10-5-7-14-13(8-10)12-6-4-11(2)9-15(12)16(14)3;1-10-4-6-12-13-7-5-11(2)9-15(13)16(3)14(12)8-10;1-10-6-4-8-12-13-9-5-7-11(2)15(13)16(3)14(10)12;2*1-10-7-8-12-13-6-4-5-11(2)15(13)16(3)14(12)9-10;1-10-7-8-14-13(9-10)12-6-4-5-11(2)15(12)16(14)3;14*1-2/h7*4-9H,1-3H3;14*1-2H3. The number of fused-ring (bicyclic) bond motifs is 21. The van der Waals surface area contributed by atoms with E-state index in [0.29, 0.717) is 0 Å². The molecule has 0 radical (unpaired) electrons. The minimum absolute atomic E-state index is 1.31. The smallest absolute Gasteiger partial charge is 0.0518 e. The van der Waals surface area contributed by atoms with Gasteiger partial charge in [0.15, 0.2) is 0 Å². The van der Waals surface area contributed by atoms with Gasteiger partial charge in [-0.15, -0.1) is 0 Å². The van der Waals surface area contributed by atoms with Gasteiger partial charge in [-0.1, -0.05) is 399 Å². The second kappa shape index (κ2) is 64.1. The molecular formula is C133H189N7. The molecule has 21 rings (SSSR count). The van der Waals surface area contributed by atoms with E-state index >= 15 is 0 Å². The van der Waals surface area contributed by atoms with Crippen LogP contribution < -0.4 is 0 Å². The molecule has 7 heteroatoms. The SMILES string of the molecule is CC.CC.CC.CC.CC.CC.CC.CC.CC.CC.CC.CC.CC.CC.Cc1ccc2c(c1)c1ccc(C)cc1n2C.Cc1ccc2c(c1)c1cccc(C)c1n2C.Cc1ccc2c3ccc(C)cc3n(C)c2c1.Cc1ccc2c3cccc(C)c3n(C)c2c1.Cc1ccc2c3cccc(C)c3n(C)c2c1.Cc1cccc2c1c1cccc(C)c1n2C.Cc1cccc2c3cccc(C)c3n(C)c12. The van der Waals surface area contributed by atoms with E-state index in [1.807, 2.05) is 194 Å². The molecule has 21 aromatic rings. The van der Waals surface area contributed by atoms with Crippen molar-refractivity contribution in [3.8, 4) is 0 Å². The maximum absolute atomic E-state index is 2.31. The molecule has 0 bridgehead atoms. The van der Waals surface area contributed by atoms with E-state index in [1.54, 1.807) is 0 Å². The highest BCUT2D eigenvalue weighted by Gasteiger charge is 2.17. The Bertz CT molecular complexity index is 6940. The second-order valence-corrected chi connectivity index (χ2v) is 31.9. The summed E-state index contributed by atoms with van der Waals surface area (Å²) in [6.07, 6.45) is 0. The Kier molecular flexibility index (Phi) is 57.5. The summed E-state index contributed by atoms with van der Waals surface area (Å²) in [5, 5.41) is 19.0. The lowest BCUT2D eigenvalue weighted by Crippen LogP contribution is -1.90. The molecule has 0 atom stereocenters. The Hall–Kier alpha value is -12.3. The fourth-order valence-corrected chi connectivity index (χ4v) is 18.1. The van der Waals surface area contributed by atoms with E-state index < -0.39 is 0 Å². The van der Waals surface area contributed by atoms with Crippen molar-refractivity contribution in [3.63, 3.8) is 0 Å². The Labute approximate surface area is 851 Å². The zero-order valence-electron chi connectivity index (χ0n) is 97.4. The number of benzene rings is 14. The summed E-state index contributed by atoms with van der Waals surface area (Å²) in [6.45, 7) is 86.2. The summed E-state index contributed by atoms with van der Waals surface area (Å²) >= 11 is 0. The first kappa shape index (κ1) is 126. The Balaban J connectivity index is 0.000000782. The first-order valence-corrected chi connectivity index (χ1v) is 53.4. The number of para-hydroxylation sites is 6. The molecule has 0 saturated heterocycles. The summed E-state index contributed by atoms with van der Waals surface area (Å²) in [7, 11) is 15.0. The first-order valence-electron chi connectivity index (χ1n) is 53.4. The average molecular weight is 1890 g/mol. The molecule has 14 aromatic carbocycles. The maximum atomic E-state index is 2.31. The molecule has 756 valence electrons. The predicted molar refractivity (Wildman–Crippen MR) is 648 cm³/mol. The monoisotopic (exact) mass is 1880 g/mol. The van der Waals surface area contributed by atoms with Gasteiger partial charge in [-0.25, -0.2) is 0 Å². The number of hydrogen-bond acceptors (Lipinski definition) is 0. The van der Waals surface area contributed by atoms with Crippen LogP contribution >= 0.6 is 0 Å². The number of aromatic nitrogens is 7. The zero-order valence-corrected chi connectivity index (χ0v) is 97.4. The van der Waals surface area contributed by atoms with Gasteiger partial charge in [0.05, 0.1) is 33.1 Å². The lowest BCUT2D eigenvalue weighted by atomic mass is 10.1. The molecule has 0 aliphatic rings. The molecule has 0 spiro atoms. The molecule has 0 N–H and O–H groups in total. The highest BCUT2D eigenvalue weighted by molar-refractivity contribution is 6.15. The van der Waals surface area contributed by atoms with Crippen molar-refractivity contribution in [2.24, 2.45) is 49.3 Å². The van der Waals surface area contributed by atoms with Crippen LogP contribution in [-0.4, -0.2) is 32.0 Å². The van der Waals surface area contributed by atoms with E-state index in [1.165, 1.54) is 231 Å². The summed E-state index contributed by atoms with van der Waals surface area (Å²) < 4.78 is 16.1. The molecule has 7 heterocycles. The molecule has 0 aliphatic heterocycles. The quantitative estimate of drug-likeness (QED) is 0.145. The van der Waals surface area contributed by atoms with E-state index in [0.717, 1.165) is 0 Å². The molecule has 0 amide bonds. The van der Waals surface area contributed by atoms with Gasteiger partial charge in [0.25, 0.3) is 0 Å². The van der Waals surface area contributed by atoms with Gasteiger partial charge in [-0.05, 0) is 224 Å². The molecular weight excluding hydrogens is 1700 g/mol. The van der Waals surface area contributed by atoms with Crippen molar-refractivity contribution in [3.05, 3.63) is 333 Å². The van der Waals surface area contributed by atoms with E-state index in [-0.39, 0.29) is 0 Å². The Morgan fingerprint density at radius 2 is 0.293 bits per heavy atom. The van der Waals surface area contributed by atoms with Crippen molar-refractivity contribution in [2.75, 3.05) is 0 Å². The lowest BCUT2D eigenvalue weighted by molar-refractivity contribution is 1.00. The molecule has 0 saturated carbocycles. The van der Waals surface area contributed by atoms with Gasteiger partial charge >= 0.3 is 0 Å². The number of aryl methyl sites for hydroxylation is 21. The number of rotatable bonds is 0. The van der Waals surface area contributed by atoms with Crippen LogP contribution in [-0.2, 0) is 49.3 Å². The molecule has 7 nitrogen and oxygen atoms in total. The summed E-state index contributed by atoms with van der Waals surface area (Å²) in [5.41, 5.74) is 37.3. The second-order valence-electron chi connectivity index (χ2n) is 31.9.